The fraction of sp³-hybridized carbons (Fsp3) is 0.727. The predicted molar refractivity (Wildman–Crippen MR) is 55.9 cm³/mol. The quantitative estimate of drug-likeness (QED) is 0.597. The van der Waals surface area contributed by atoms with Gasteiger partial charge in [0.1, 0.15) is 5.60 Å². The maximum absolute atomic E-state index is 11.7. The van der Waals surface area contributed by atoms with Gasteiger partial charge in [-0.15, -0.1) is 0 Å². The van der Waals surface area contributed by atoms with Crippen LogP contribution in [-0.4, -0.2) is 23.1 Å². The zero-order valence-electron chi connectivity index (χ0n) is 9.46. The van der Waals surface area contributed by atoms with Crippen molar-refractivity contribution in [2.24, 2.45) is 0 Å². The standard InChI is InChI=1S/C11H19NO2/c1-5-9-7-6-8-12(9)10(13)14-11(2,3)4/h5H,6-8H2,1-4H3. The lowest BCUT2D eigenvalue weighted by Crippen LogP contribution is -2.33. The first-order chi connectivity index (χ1) is 6.44. The summed E-state index contributed by atoms with van der Waals surface area (Å²) in [7, 11) is 0. The van der Waals surface area contributed by atoms with Crippen LogP contribution in [0.25, 0.3) is 0 Å². The number of hydrogen-bond acceptors (Lipinski definition) is 2. The van der Waals surface area contributed by atoms with Crippen molar-refractivity contribution in [3.8, 4) is 0 Å². The highest BCUT2D eigenvalue weighted by Gasteiger charge is 2.27. The minimum atomic E-state index is -0.404. The largest absolute Gasteiger partial charge is 0.443 e. The van der Waals surface area contributed by atoms with E-state index in [2.05, 4.69) is 0 Å². The van der Waals surface area contributed by atoms with Crippen molar-refractivity contribution in [2.45, 2.75) is 46.1 Å². The first kappa shape index (κ1) is 11.1. The van der Waals surface area contributed by atoms with Crippen molar-refractivity contribution in [1.29, 1.82) is 0 Å². The van der Waals surface area contributed by atoms with E-state index in [9.17, 15) is 4.79 Å². The van der Waals surface area contributed by atoms with Gasteiger partial charge in [-0.2, -0.15) is 0 Å². The summed E-state index contributed by atoms with van der Waals surface area (Å²) in [6.07, 6.45) is 3.79. The number of amides is 1. The van der Waals surface area contributed by atoms with Crippen LogP contribution in [0.5, 0.6) is 0 Å². The average Bonchev–Trinajstić information content (AvgIpc) is 2.47. The molecule has 1 saturated heterocycles. The Morgan fingerprint density at radius 1 is 1.50 bits per heavy atom. The van der Waals surface area contributed by atoms with E-state index in [1.54, 1.807) is 4.90 Å². The van der Waals surface area contributed by atoms with E-state index in [-0.39, 0.29) is 6.09 Å². The van der Waals surface area contributed by atoms with Crippen LogP contribution in [0.4, 0.5) is 4.79 Å². The smallest absolute Gasteiger partial charge is 0.414 e. The molecule has 1 fully saturated rings. The molecule has 0 aromatic heterocycles. The van der Waals surface area contributed by atoms with Crippen molar-refractivity contribution < 1.29 is 9.53 Å². The molecular formula is C11H19NO2. The number of rotatable bonds is 0. The summed E-state index contributed by atoms with van der Waals surface area (Å²) in [6.45, 7) is 8.40. The van der Waals surface area contributed by atoms with Crippen LogP contribution < -0.4 is 0 Å². The van der Waals surface area contributed by atoms with E-state index in [1.807, 2.05) is 33.8 Å². The summed E-state index contributed by atoms with van der Waals surface area (Å²) in [5.41, 5.74) is 0.678. The molecule has 0 N–H and O–H groups in total. The van der Waals surface area contributed by atoms with Crippen LogP contribution in [-0.2, 0) is 4.74 Å². The topological polar surface area (TPSA) is 29.5 Å². The van der Waals surface area contributed by atoms with Crippen molar-refractivity contribution in [1.82, 2.24) is 4.90 Å². The van der Waals surface area contributed by atoms with E-state index < -0.39 is 5.60 Å². The third kappa shape index (κ3) is 2.76. The molecule has 0 atom stereocenters. The van der Waals surface area contributed by atoms with Gasteiger partial charge >= 0.3 is 6.09 Å². The van der Waals surface area contributed by atoms with Gasteiger partial charge in [0.2, 0.25) is 0 Å². The molecule has 1 heterocycles. The van der Waals surface area contributed by atoms with Crippen LogP contribution in [0.1, 0.15) is 40.5 Å². The molecule has 0 spiro atoms. The summed E-state index contributed by atoms with van der Waals surface area (Å²) in [5.74, 6) is 0. The summed E-state index contributed by atoms with van der Waals surface area (Å²) < 4.78 is 5.30. The number of likely N-dealkylation sites (tertiary alicyclic amines) is 1. The SMILES string of the molecule is CC=C1CCCN1C(=O)OC(C)(C)C. The molecule has 1 rings (SSSR count). The van der Waals surface area contributed by atoms with Crippen molar-refractivity contribution >= 4 is 6.09 Å². The number of hydrogen-bond donors (Lipinski definition) is 0. The molecule has 80 valence electrons. The highest BCUT2D eigenvalue weighted by molar-refractivity contribution is 5.70. The molecule has 0 aromatic rings. The van der Waals surface area contributed by atoms with E-state index in [4.69, 9.17) is 4.74 Å². The molecule has 1 aliphatic rings. The number of carbonyl (C=O) groups excluding carboxylic acids is 1. The molecule has 1 aliphatic heterocycles. The molecular weight excluding hydrogens is 178 g/mol. The van der Waals surface area contributed by atoms with Crippen molar-refractivity contribution in [3.05, 3.63) is 11.8 Å². The lowest BCUT2D eigenvalue weighted by molar-refractivity contribution is 0.0338. The Morgan fingerprint density at radius 2 is 2.14 bits per heavy atom. The average molecular weight is 197 g/mol. The zero-order chi connectivity index (χ0) is 10.8. The fourth-order valence-corrected chi connectivity index (χ4v) is 1.52. The van der Waals surface area contributed by atoms with Gasteiger partial charge in [-0.25, -0.2) is 4.79 Å². The second-order valence-corrected chi connectivity index (χ2v) is 4.52. The van der Waals surface area contributed by atoms with Crippen LogP contribution in [0.2, 0.25) is 0 Å². The minimum absolute atomic E-state index is 0.219. The number of ether oxygens (including phenoxy) is 1. The summed E-state index contributed by atoms with van der Waals surface area (Å²) in [4.78, 5) is 13.4. The Labute approximate surface area is 85.7 Å². The highest BCUT2D eigenvalue weighted by Crippen LogP contribution is 2.23. The number of carbonyl (C=O) groups is 1. The molecule has 14 heavy (non-hydrogen) atoms. The van der Waals surface area contributed by atoms with Gasteiger partial charge < -0.3 is 4.74 Å². The summed E-state index contributed by atoms with van der Waals surface area (Å²) in [5, 5.41) is 0. The lowest BCUT2D eigenvalue weighted by atomic mass is 10.2. The van der Waals surface area contributed by atoms with E-state index in [1.165, 1.54) is 0 Å². The molecule has 0 saturated carbocycles. The van der Waals surface area contributed by atoms with Gasteiger partial charge in [0.15, 0.2) is 0 Å². The first-order valence-corrected chi connectivity index (χ1v) is 5.10. The molecule has 3 nitrogen and oxygen atoms in total. The first-order valence-electron chi connectivity index (χ1n) is 5.10. The van der Waals surface area contributed by atoms with Gasteiger partial charge in [0, 0.05) is 12.2 Å². The van der Waals surface area contributed by atoms with Crippen LogP contribution in [0, 0.1) is 0 Å². The van der Waals surface area contributed by atoms with Gasteiger partial charge in [-0.3, -0.25) is 4.90 Å². The monoisotopic (exact) mass is 197 g/mol. The van der Waals surface area contributed by atoms with Crippen LogP contribution in [0.3, 0.4) is 0 Å². The maximum Gasteiger partial charge on any atom is 0.414 e. The predicted octanol–water partition coefficient (Wildman–Crippen LogP) is 2.92. The number of allylic oxidation sites excluding steroid dienone is 2. The molecule has 0 aromatic carbocycles. The Bertz CT molecular complexity index is 251. The number of nitrogens with zero attached hydrogens (tertiary/aromatic N) is 1. The second-order valence-electron chi connectivity index (χ2n) is 4.52. The van der Waals surface area contributed by atoms with E-state index in [0.29, 0.717) is 0 Å². The molecule has 0 radical (unpaired) electrons. The van der Waals surface area contributed by atoms with Gasteiger partial charge in [0.05, 0.1) is 0 Å². The molecule has 3 heteroatoms. The van der Waals surface area contributed by atoms with Gasteiger partial charge in [-0.05, 0) is 40.5 Å². The van der Waals surface area contributed by atoms with E-state index in [0.717, 1.165) is 25.1 Å². The van der Waals surface area contributed by atoms with E-state index >= 15 is 0 Å². The van der Waals surface area contributed by atoms with Crippen LogP contribution >= 0.6 is 0 Å². The summed E-state index contributed by atoms with van der Waals surface area (Å²) >= 11 is 0. The molecule has 0 bridgehead atoms. The van der Waals surface area contributed by atoms with Crippen molar-refractivity contribution in [2.75, 3.05) is 6.54 Å². The Balaban J connectivity index is 2.61. The van der Waals surface area contributed by atoms with Gasteiger partial charge in [-0.1, -0.05) is 6.08 Å². The Morgan fingerprint density at radius 3 is 2.64 bits per heavy atom. The third-order valence-electron chi connectivity index (χ3n) is 2.11. The van der Waals surface area contributed by atoms with Gasteiger partial charge in [0.25, 0.3) is 0 Å². The lowest BCUT2D eigenvalue weighted by Gasteiger charge is -2.25. The Kier molecular flexibility index (Phi) is 3.19. The Hall–Kier alpha value is -0.990. The minimum Gasteiger partial charge on any atom is -0.443 e. The third-order valence-corrected chi connectivity index (χ3v) is 2.11. The molecule has 1 amide bonds. The normalized spacial score (nSPS) is 20.3. The zero-order valence-corrected chi connectivity index (χ0v) is 9.46. The second kappa shape index (κ2) is 4.03. The maximum atomic E-state index is 11.7. The highest BCUT2D eigenvalue weighted by atomic mass is 16.6. The molecule has 0 unspecified atom stereocenters. The van der Waals surface area contributed by atoms with Crippen molar-refractivity contribution in [3.63, 3.8) is 0 Å². The van der Waals surface area contributed by atoms with Crippen LogP contribution in [0.15, 0.2) is 11.8 Å². The summed E-state index contributed by atoms with van der Waals surface area (Å²) in [6, 6.07) is 0. The molecule has 0 aliphatic carbocycles. The fourth-order valence-electron chi connectivity index (χ4n) is 1.52.